The molecule has 0 spiro atoms. The molecule has 1 heterocycles. The van der Waals surface area contributed by atoms with E-state index >= 15 is 0 Å². The number of rotatable bonds is 2. The van der Waals surface area contributed by atoms with E-state index in [1.165, 1.54) is 0 Å². The Balaban J connectivity index is 1.68. The largest absolute Gasteiger partial charge is 0.481 e. The predicted octanol–water partition coefficient (Wildman–Crippen LogP) is 2.83. The quantitative estimate of drug-likeness (QED) is 0.879. The van der Waals surface area contributed by atoms with Crippen LogP contribution in [0.5, 0.6) is 0 Å². The van der Waals surface area contributed by atoms with Gasteiger partial charge in [-0.25, -0.2) is 4.79 Å². The maximum Gasteiger partial charge on any atom is 0.317 e. The standard InChI is InChI=1S/C16H19ClN2O3/c1-16(14(20)21)7-8-19(9-16)15(22)18-13-6-5-10-11(13)3-2-4-12(10)17/h2-4,13H,5-9H2,1H3,(H,18,22)(H,20,21). The number of hydrogen-bond acceptors (Lipinski definition) is 2. The number of urea groups is 1. The summed E-state index contributed by atoms with van der Waals surface area (Å²) >= 11 is 6.18. The van der Waals surface area contributed by atoms with Gasteiger partial charge < -0.3 is 15.3 Å². The first-order valence-electron chi connectivity index (χ1n) is 7.47. The minimum atomic E-state index is -0.846. The van der Waals surface area contributed by atoms with Gasteiger partial charge in [0.05, 0.1) is 11.5 Å². The van der Waals surface area contributed by atoms with Crippen molar-refractivity contribution in [1.29, 1.82) is 0 Å². The van der Waals surface area contributed by atoms with Gasteiger partial charge in [-0.2, -0.15) is 0 Å². The number of likely N-dealkylation sites (tertiary alicyclic amines) is 1. The van der Waals surface area contributed by atoms with Gasteiger partial charge in [-0.15, -0.1) is 0 Å². The highest BCUT2D eigenvalue weighted by molar-refractivity contribution is 6.31. The highest BCUT2D eigenvalue weighted by atomic mass is 35.5. The molecule has 22 heavy (non-hydrogen) atoms. The van der Waals surface area contributed by atoms with Crippen molar-refractivity contribution in [3.05, 3.63) is 34.3 Å². The van der Waals surface area contributed by atoms with E-state index in [-0.39, 0.29) is 18.6 Å². The van der Waals surface area contributed by atoms with Gasteiger partial charge in [0.2, 0.25) is 0 Å². The molecular weight excluding hydrogens is 304 g/mol. The summed E-state index contributed by atoms with van der Waals surface area (Å²) in [6.07, 6.45) is 2.17. The number of aliphatic carboxylic acids is 1. The van der Waals surface area contributed by atoms with Crippen LogP contribution in [0.4, 0.5) is 4.79 Å². The molecule has 2 unspecified atom stereocenters. The molecule has 1 aliphatic heterocycles. The Hall–Kier alpha value is -1.75. The summed E-state index contributed by atoms with van der Waals surface area (Å²) in [5.74, 6) is -0.846. The SMILES string of the molecule is CC1(C(=O)O)CCN(C(=O)NC2CCc3c(Cl)cccc32)C1. The van der Waals surface area contributed by atoms with Crippen LogP contribution in [0.25, 0.3) is 0 Å². The molecule has 2 atom stereocenters. The molecule has 0 aromatic heterocycles. The van der Waals surface area contributed by atoms with Crippen LogP contribution in [0.15, 0.2) is 18.2 Å². The van der Waals surface area contributed by atoms with Crippen LogP contribution in [-0.2, 0) is 11.2 Å². The van der Waals surface area contributed by atoms with Crippen LogP contribution >= 0.6 is 11.6 Å². The van der Waals surface area contributed by atoms with Gasteiger partial charge in [-0.05, 0) is 43.4 Å². The van der Waals surface area contributed by atoms with Gasteiger partial charge in [0.1, 0.15) is 0 Å². The second-order valence-corrected chi connectivity index (χ2v) is 6.79. The summed E-state index contributed by atoms with van der Waals surface area (Å²) in [6, 6.07) is 5.51. The molecule has 0 saturated carbocycles. The number of nitrogens with one attached hydrogen (secondary N) is 1. The van der Waals surface area contributed by atoms with E-state index in [9.17, 15) is 14.7 Å². The second-order valence-electron chi connectivity index (χ2n) is 6.39. The smallest absolute Gasteiger partial charge is 0.317 e. The highest BCUT2D eigenvalue weighted by Crippen LogP contribution is 2.36. The van der Waals surface area contributed by atoms with Crippen LogP contribution in [-0.4, -0.2) is 35.1 Å². The normalized spacial score (nSPS) is 26.8. The lowest BCUT2D eigenvalue weighted by atomic mass is 9.90. The van der Waals surface area contributed by atoms with Crippen LogP contribution in [0, 0.1) is 5.41 Å². The third-order valence-corrected chi connectivity index (χ3v) is 5.14. The number of carbonyl (C=O) groups is 2. The third kappa shape index (κ3) is 2.54. The molecule has 6 heteroatoms. The Morgan fingerprint density at radius 1 is 1.45 bits per heavy atom. The van der Waals surface area contributed by atoms with E-state index in [0.29, 0.717) is 13.0 Å². The van der Waals surface area contributed by atoms with Gasteiger partial charge in [0.15, 0.2) is 0 Å². The third-order valence-electron chi connectivity index (χ3n) is 4.79. The molecule has 1 saturated heterocycles. The molecule has 2 aliphatic rings. The highest BCUT2D eigenvalue weighted by Gasteiger charge is 2.42. The van der Waals surface area contributed by atoms with Gasteiger partial charge in [-0.3, -0.25) is 4.79 Å². The number of carboxylic acid groups (broad SMARTS) is 1. The number of hydrogen-bond donors (Lipinski definition) is 2. The number of halogens is 1. The molecule has 0 radical (unpaired) electrons. The molecule has 1 aromatic carbocycles. The van der Waals surface area contributed by atoms with E-state index in [1.54, 1.807) is 11.8 Å². The molecule has 1 aliphatic carbocycles. The maximum atomic E-state index is 12.4. The monoisotopic (exact) mass is 322 g/mol. The molecule has 0 bridgehead atoms. The zero-order valence-electron chi connectivity index (χ0n) is 12.4. The van der Waals surface area contributed by atoms with E-state index < -0.39 is 11.4 Å². The lowest BCUT2D eigenvalue weighted by molar-refractivity contribution is -0.146. The maximum absolute atomic E-state index is 12.4. The van der Waals surface area contributed by atoms with E-state index in [0.717, 1.165) is 29.0 Å². The molecule has 1 aromatic rings. The first-order chi connectivity index (χ1) is 10.4. The fourth-order valence-corrected chi connectivity index (χ4v) is 3.59. The van der Waals surface area contributed by atoms with Gasteiger partial charge in [-0.1, -0.05) is 23.7 Å². The Kier molecular flexibility index (Phi) is 3.77. The number of fused-ring (bicyclic) bond motifs is 1. The van der Waals surface area contributed by atoms with Crippen molar-refractivity contribution < 1.29 is 14.7 Å². The Bertz CT molecular complexity index is 634. The lowest BCUT2D eigenvalue weighted by Gasteiger charge is -2.23. The van der Waals surface area contributed by atoms with Gasteiger partial charge in [0.25, 0.3) is 0 Å². The average molecular weight is 323 g/mol. The molecule has 118 valence electrons. The molecule has 2 amide bonds. The minimum Gasteiger partial charge on any atom is -0.481 e. The first kappa shape index (κ1) is 15.2. The Morgan fingerprint density at radius 2 is 2.23 bits per heavy atom. The number of benzene rings is 1. The molecule has 1 fully saturated rings. The number of nitrogens with zero attached hydrogens (tertiary/aromatic N) is 1. The van der Waals surface area contributed by atoms with E-state index in [4.69, 9.17) is 11.6 Å². The lowest BCUT2D eigenvalue weighted by Crippen LogP contribution is -2.42. The first-order valence-corrected chi connectivity index (χ1v) is 7.85. The summed E-state index contributed by atoms with van der Waals surface area (Å²) in [5, 5.41) is 13.0. The zero-order chi connectivity index (χ0) is 15.9. The summed E-state index contributed by atoms with van der Waals surface area (Å²) in [7, 11) is 0. The van der Waals surface area contributed by atoms with E-state index in [2.05, 4.69) is 5.32 Å². The predicted molar refractivity (Wildman–Crippen MR) is 83.0 cm³/mol. The van der Waals surface area contributed by atoms with Crippen LogP contribution in [0.3, 0.4) is 0 Å². The number of amides is 2. The van der Waals surface area contributed by atoms with E-state index in [1.807, 2.05) is 18.2 Å². The van der Waals surface area contributed by atoms with Crippen molar-refractivity contribution in [3.63, 3.8) is 0 Å². The molecule has 5 nitrogen and oxygen atoms in total. The molecule has 2 N–H and O–H groups in total. The summed E-state index contributed by atoms with van der Waals surface area (Å²) in [6.45, 7) is 2.42. The van der Waals surface area contributed by atoms with Crippen molar-refractivity contribution in [2.75, 3.05) is 13.1 Å². The topological polar surface area (TPSA) is 69.6 Å². The fraction of sp³-hybridized carbons (Fsp3) is 0.500. The average Bonchev–Trinajstić information content (AvgIpc) is 3.05. The van der Waals surface area contributed by atoms with Crippen LogP contribution in [0.2, 0.25) is 5.02 Å². The zero-order valence-corrected chi connectivity index (χ0v) is 13.2. The fourth-order valence-electron chi connectivity index (χ4n) is 3.31. The Morgan fingerprint density at radius 3 is 2.91 bits per heavy atom. The van der Waals surface area contributed by atoms with Crippen molar-refractivity contribution >= 4 is 23.6 Å². The van der Waals surface area contributed by atoms with Crippen molar-refractivity contribution in [2.45, 2.75) is 32.2 Å². The van der Waals surface area contributed by atoms with Crippen LogP contribution < -0.4 is 5.32 Å². The molecular formula is C16H19ClN2O3. The second kappa shape index (κ2) is 5.47. The van der Waals surface area contributed by atoms with Crippen molar-refractivity contribution in [2.24, 2.45) is 5.41 Å². The van der Waals surface area contributed by atoms with Gasteiger partial charge >= 0.3 is 12.0 Å². The van der Waals surface area contributed by atoms with Crippen molar-refractivity contribution in [3.8, 4) is 0 Å². The van der Waals surface area contributed by atoms with Crippen molar-refractivity contribution in [1.82, 2.24) is 10.2 Å². The number of carboxylic acids is 1. The number of carbonyl (C=O) groups excluding carboxylic acids is 1. The summed E-state index contributed by atoms with van der Waals surface area (Å²) in [4.78, 5) is 25.3. The summed E-state index contributed by atoms with van der Waals surface area (Å²) < 4.78 is 0. The van der Waals surface area contributed by atoms with Crippen LogP contribution in [0.1, 0.15) is 36.9 Å². The summed E-state index contributed by atoms with van der Waals surface area (Å²) in [5.41, 5.74) is 1.33. The van der Waals surface area contributed by atoms with Gasteiger partial charge in [0, 0.05) is 18.1 Å². The minimum absolute atomic E-state index is 0.0436. The molecule has 3 rings (SSSR count). The Labute approximate surface area is 134 Å².